The van der Waals surface area contributed by atoms with Gasteiger partial charge in [0.1, 0.15) is 0 Å². The number of amides is 1. The maximum absolute atomic E-state index is 12.4. The van der Waals surface area contributed by atoms with Gasteiger partial charge in [-0.3, -0.25) is 9.78 Å². The number of rotatable bonds is 0. The van der Waals surface area contributed by atoms with Crippen molar-refractivity contribution in [3.63, 3.8) is 0 Å². The zero-order chi connectivity index (χ0) is 16.1. The summed E-state index contributed by atoms with van der Waals surface area (Å²) in [6.07, 6.45) is 6.48. The first-order valence-corrected chi connectivity index (χ1v) is 8.54. The van der Waals surface area contributed by atoms with Gasteiger partial charge in [-0.05, 0) is 62.3 Å². The Hall–Kier alpha value is -2.16. The number of aryl methyl sites for hydroxylation is 3. The molecule has 4 bridgehead atoms. The first-order valence-electron chi connectivity index (χ1n) is 8.54. The molecule has 1 N–H and O–H groups in total. The van der Waals surface area contributed by atoms with E-state index in [2.05, 4.69) is 34.6 Å². The Morgan fingerprint density at radius 1 is 0.957 bits per heavy atom. The van der Waals surface area contributed by atoms with Gasteiger partial charge in [0.25, 0.3) is 5.91 Å². The van der Waals surface area contributed by atoms with Gasteiger partial charge in [0.05, 0.1) is 0 Å². The summed E-state index contributed by atoms with van der Waals surface area (Å²) in [6.45, 7) is 2.62. The first kappa shape index (κ1) is 15.7. The molecule has 0 atom stereocenters. The van der Waals surface area contributed by atoms with Crippen LogP contribution in [0.5, 0.6) is 0 Å². The van der Waals surface area contributed by atoms with Gasteiger partial charge in [-0.1, -0.05) is 30.7 Å². The predicted octanol–water partition coefficient (Wildman–Crippen LogP) is 3.63. The van der Waals surface area contributed by atoms with Crippen LogP contribution in [-0.2, 0) is 19.3 Å². The van der Waals surface area contributed by atoms with Crippen molar-refractivity contribution >= 4 is 5.91 Å². The molecule has 2 aromatic rings. The van der Waals surface area contributed by atoms with Crippen LogP contribution in [0.3, 0.4) is 0 Å². The van der Waals surface area contributed by atoms with Crippen LogP contribution < -0.4 is 5.32 Å². The van der Waals surface area contributed by atoms with Crippen molar-refractivity contribution in [2.75, 3.05) is 6.54 Å². The summed E-state index contributed by atoms with van der Waals surface area (Å²) in [4.78, 5) is 16.9. The Morgan fingerprint density at radius 2 is 1.74 bits per heavy atom. The number of nitrogens with zero attached hydrogens (tertiary/aromatic N) is 1. The summed E-state index contributed by atoms with van der Waals surface area (Å²) >= 11 is 0. The number of pyridine rings is 1. The van der Waals surface area contributed by atoms with Crippen molar-refractivity contribution in [2.45, 2.75) is 45.4 Å². The molecule has 3 nitrogen and oxygen atoms in total. The third kappa shape index (κ3) is 4.41. The highest BCUT2D eigenvalue weighted by Crippen LogP contribution is 2.14. The highest BCUT2D eigenvalue weighted by molar-refractivity contribution is 5.94. The Balaban J connectivity index is 1.80. The summed E-state index contributed by atoms with van der Waals surface area (Å²) in [7, 11) is 0. The highest BCUT2D eigenvalue weighted by Gasteiger charge is 2.09. The average molecular weight is 308 g/mol. The van der Waals surface area contributed by atoms with E-state index in [0.29, 0.717) is 6.54 Å². The number of hydrogen-bond donors (Lipinski definition) is 1. The quantitative estimate of drug-likeness (QED) is 0.807. The minimum absolute atomic E-state index is 0.00257. The Kier molecular flexibility index (Phi) is 5.06. The number of fused-ring (bicyclic) bond motifs is 4. The van der Waals surface area contributed by atoms with Crippen molar-refractivity contribution in [2.24, 2.45) is 0 Å². The van der Waals surface area contributed by atoms with Gasteiger partial charge in [0, 0.05) is 23.5 Å². The van der Waals surface area contributed by atoms with Crippen molar-refractivity contribution in [3.05, 3.63) is 64.5 Å². The van der Waals surface area contributed by atoms with E-state index in [0.717, 1.165) is 42.6 Å². The predicted molar refractivity (Wildman–Crippen MR) is 92.7 cm³/mol. The molecule has 0 radical (unpaired) electrons. The lowest BCUT2D eigenvalue weighted by Crippen LogP contribution is -2.26. The molecular weight excluding hydrogens is 284 g/mol. The molecule has 1 aromatic carbocycles. The second kappa shape index (κ2) is 7.40. The van der Waals surface area contributed by atoms with Crippen molar-refractivity contribution in [1.82, 2.24) is 10.3 Å². The lowest BCUT2D eigenvalue weighted by atomic mass is 10.0. The van der Waals surface area contributed by atoms with Crippen molar-refractivity contribution < 1.29 is 4.79 Å². The first-order chi connectivity index (χ1) is 11.2. The lowest BCUT2D eigenvalue weighted by molar-refractivity contribution is 0.0954. The minimum Gasteiger partial charge on any atom is -0.352 e. The second-order valence-electron chi connectivity index (χ2n) is 6.38. The Labute approximate surface area is 138 Å². The molecule has 0 aliphatic carbocycles. The molecule has 23 heavy (non-hydrogen) atoms. The Bertz CT molecular complexity index is 694. The van der Waals surface area contributed by atoms with E-state index in [1.54, 1.807) is 0 Å². The molecule has 1 aromatic heterocycles. The molecule has 3 heteroatoms. The van der Waals surface area contributed by atoms with Gasteiger partial charge < -0.3 is 5.32 Å². The second-order valence-corrected chi connectivity index (χ2v) is 6.38. The molecule has 0 saturated heterocycles. The third-order valence-corrected chi connectivity index (χ3v) is 4.36. The van der Waals surface area contributed by atoms with E-state index < -0.39 is 0 Å². The maximum atomic E-state index is 12.4. The van der Waals surface area contributed by atoms with Crippen LogP contribution in [0.25, 0.3) is 0 Å². The van der Waals surface area contributed by atoms with E-state index in [9.17, 15) is 4.79 Å². The van der Waals surface area contributed by atoms with Crippen molar-refractivity contribution in [1.29, 1.82) is 0 Å². The van der Waals surface area contributed by atoms with Gasteiger partial charge in [-0.25, -0.2) is 0 Å². The molecular formula is C20H24N2O. The molecule has 3 rings (SSSR count). The fourth-order valence-electron chi connectivity index (χ4n) is 3.17. The van der Waals surface area contributed by atoms with Crippen LogP contribution in [0.15, 0.2) is 36.4 Å². The number of carbonyl (C=O) groups excluding carboxylic acids is 1. The number of aromatic nitrogens is 1. The zero-order valence-corrected chi connectivity index (χ0v) is 13.8. The fourth-order valence-corrected chi connectivity index (χ4v) is 3.17. The van der Waals surface area contributed by atoms with Gasteiger partial charge in [-0.15, -0.1) is 0 Å². The Morgan fingerprint density at radius 3 is 2.61 bits per heavy atom. The minimum atomic E-state index is 0.00257. The molecule has 0 fully saturated rings. The zero-order valence-electron chi connectivity index (χ0n) is 13.8. The molecule has 1 aliphatic heterocycles. The van der Waals surface area contributed by atoms with Gasteiger partial charge >= 0.3 is 0 Å². The number of benzene rings is 1. The summed E-state index contributed by atoms with van der Waals surface area (Å²) in [5.41, 5.74) is 5.38. The third-order valence-electron chi connectivity index (χ3n) is 4.36. The number of nitrogens with one attached hydrogen (secondary N) is 1. The molecule has 1 aliphatic rings. The number of hydrogen-bond acceptors (Lipinski definition) is 2. The van der Waals surface area contributed by atoms with Crippen LogP contribution in [0.2, 0.25) is 0 Å². The van der Waals surface area contributed by atoms with E-state index in [4.69, 9.17) is 0 Å². The molecule has 0 saturated carbocycles. The normalized spacial score (nSPS) is 16.1. The summed E-state index contributed by atoms with van der Waals surface area (Å²) in [5.74, 6) is 0.00257. The molecule has 0 unspecified atom stereocenters. The average Bonchev–Trinajstić information content (AvgIpc) is 2.54. The summed E-state index contributed by atoms with van der Waals surface area (Å²) < 4.78 is 0. The molecule has 0 spiro atoms. The fraction of sp³-hybridized carbons (Fsp3) is 0.400. The van der Waals surface area contributed by atoms with Crippen LogP contribution in [-0.4, -0.2) is 17.4 Å². The van der Waals surface area contributed by atoms with Gasteiger partial charge in [0.2, 0.25) is 0 Å². The van der Waals surface area contributed by atoms with Crippen LogP contribution in [0, 0.1) is 6.92 Å². The van der Waals surface area contributed by atoms with E-state index in [1.165, 1.54) is 24.0 Å². The monoisotopic (exact) mass is 308 g/mol. The largest absolute Gasteiger partial charge is 0.352 e. The van der Waals surface area contributed by atoms with Crippen LogP contribution >= 0.6 is 0 Å². The highest BCUT2D eigenvalue weighted by atomic mass is 16.1. The molecule has 120 valence electrons. The van der Waals surface area contributed by atoms with Gasteiger partial charge in [-0.2, -0.15) is 0 Å². The van der Waals surface area contributed by atoms with E-state index in [1.807, 2.05) is 19.1 Å². The van der Waals surface area contributed by atoms with Crippen LogP contribution in [0.4, 0.5) is 0 Å². The maximum Gasteiger partial charge on any atom is 0.251 e. The van der Waals surface area contributed by atoms with E-state index in [-0.39, 0.29) is 5.91 Å². The summed E-state index contributed by atoms with van der Waals surface area (Å²) in [5, 5.41) is 3.03. The van der Waals surface area contributed by atoms with Crippen molar-refractivity contribution in [3.8, 4) is 0 Å². The lowest BCUT2D eigenvalue weighted by Gasteiger charge is -2.08. The van der Waals surface area contributed by atoms with E-state index >= 15 is 0 Å². The van der Waals surface area contributed by atoms with Gasteiger partial charge in [0.15, 0.2) is 0 Å². The smallest absolute Gasteiger partial charge is 0.251 e. The summed E-state index contributed by atoms with van der Waals surface area (Å²) in [6, 6.07) is 12.6. The molecule has 1 amide bonds. The SMILES string of the molecule is Cc1cc2cc(n1)CCCCCc1cccc(c1)CCNC2=O. The van der Waals surface area contributed by atoms with Crippen LogP contribution in [0.1, 0.15) is 52.1 Å². The number of carbonyl (C=O) groups is 1. The molecule has 2 heterocycles. The topological polar surface area (TPSA) is 42.0 Å². The standard InChI is InChI=1S/C20H24N2O/c1-15-12-18-14-19(22-15)9-4-2-3-6-16-7-5-8-17(13-16)10-11-21-20(18)23/h5,7-8,12-14H,2-4,6,9-11H2,1H3,(H,21,23).